The Morgan fingerprint density at radius 3 is 2.42 bits per heavy atom. The average Bonchev–Trinajstić information content (AvgIpc) is 2.51. The molecule has 0 aliphatic carbocycles. The maximum Gasteiger partial charge on any atom is 0.245 e. The largest absolute Gasteiger partial charge is 0.384 e. The van der Waals surface area contributed by atoms with Crippen molar-refractivity contribution in [2.45, 2.75) is 53.4 Å². The van der Waals surface area contributed by atoms with Gasteiger partial charge in [-0.2, -0.15) is 0 Å². The topological polar surface area (TPSA) is 76.7 Å². The monoisotopic (exact) mass is 344 g/mol. The highest BCUT2D eigenvalue weighted by Gasteiger charge is 2.26. The zero-order valence-electron chi connectivity index (χ0n) is 16.1. The van der Waals surface area contributed by atoms with Gasteiger partial charge in [0.05, 0.1) is 12.0 Å². The van der Waals surface area contributed by atoms with E-state index >= 15 is 0 Å². The van der Waals surface area contributed by atoms with Crippen molar-refractivity contribution in [2.75, 3.05) is 40.0 Å². The second kappa shape index (κ2) is 13.2. The fourth-order valence-electron chi connectivity index (χ4n) is 2.21. The SMILES string of the molecule is CCCCNC(=O)COCC(C)CCCNC(=O)C(C)(C)COC. The Bertz CT molecular complexity index is 359. The second-order valence-corrected chi connectivity index (χ2v) is 7.04. The van der Waals surface area contributed by atoms with Crippen molar-refractivity contribution in [2.24, 2.45) is 11.3 Å². The van der Waals surface area contributed by atoms with Crippen molar-refractivity contribution in [3.8, 4) is 0 Å². The van der Waals surface area contributed by atoms with E-state index in [1.54, 1.807) is 7.11 Å². The number of nitrogens with one attached hydrogen (secondary N) is 2. The number of hydrogen-bond acceptors (Lipinski definition) is 4. The van der Waals surface area contributed by atoms with Crippen LogP contribution < -0.4 is 10.6 Å². The van der Waals surface area contributed by atoms with E-state index in [-0.39, 0.29) is 18.4 Å². The predicted molar refractivity (Wildman–Crippen MR) is 95.8 cm³/mol. The first-order valence-electron chi connectivity index (χ1n) is 8.95. The molecule has 1 unspecified atom stereocenters. The summed E-state index contributed by atoms with van der Waals surface area (Å²) >= 11 is 0. The molecule has 1 atom stereocenters. The van der Waals surface area contributed by atoms with Crippen LogP contribution >= 0.6 is 0 Å². The van der Waals surface area contributed by atoms with Gasteiger partial charge in [-0.15, -0.1) is 0 Å². The number of carbonyl (C=O) groups is 2. The van der Waals surface area contributed by atoms with Gasteiger partial charge in [-0.1, -0.05) is 20.3 Å². The first-order chi connectivity index (χ1) is 11.3. The van der Waals surface area contributed by atoms with Gasteiger partial charge < -0.3 is 20.1 Å². The van der Waals surface area contributed by atoms with Crippen LogP contribution in [0.25, 0.3) is 0 Å². The van der Waals surface area contributed by atoms with Crippen molar-refractivity contribution >= 4 is 11.8 Å². The van der Waals surface area contributed by atoms with Gasteiger partial charge in [0, 0.05) is 26.8 Å². The number of ether oxygens (including phenoxy) is 2. The Kier molecular flexibility index (Phi) is 12.6. The summed E-state index contributed by atoms with van der Waals surface area (Å²) in [6.07, 6.45) is 3.90. The summed E-state index contributed by atoms with van der Waals surface area (Å²) in [4.78, 5) is 23.5. The summed E-state index contributed by atoms with van der Waals surface area (Å²) in [5.41, 5.74) is -0.505. The predicted octanol–water partition coefficient (Wildman–Crippen LogP) is 2.12. The number of amides is 2. The molecule has 0 aromatic carbocycles. The molecule has 0 bridgehead atoms. The molecule has 0 rings (SSSR count). The van der Waals surface area contributed by atoms with Gasteiger partial charge >= 0.3 is 0 Å². The highest BCUT2D eigenvalue weighted by atomic mass is 16.5. The summed E-state index contributed by atoms with van der Waals surface area (Å²) < 4.78 is 10.5. The molecule has 0 aromatic rings. The average molecular weight is 344 g/mol. The molecule has 6 nitrogen and oxygen atoms in total. The molecular formula is C18H36N2O4. The van der Waals surface area contributed by atoms with Crippen LogP contribution in [0.4, 0.5) is 0 Å². The van der Waals surface area contributed by atoms with Crippen LogP contribution in [0.2, 0.25) is 0 Å². The van der Waals surface area contributed by atoms with Crippen LogP contribution in [0.3, 0.4) is 0 Å². The molecule has 0 spiro atoms. The van der Waals surface area contributed by atoms with Crippen LogP contribution in [0.15, 0.2) is 0 Å². The highest BCUT2D eigenvalue weighted by molar-refractivity contribution is 5.81. The van der Waals surface area contributed by atoms with Gasteiger partial charge in [-0.25, -0.2) is 0 Å². The molecule has 24 heavy (non-hydrogen) atoms. The summed E-state index contributed by atoms with van der Waals surface area (Å²) in [5.74, 6) is 0.317. The molecule has 142 valence electrons. The molecule has 0 aliphatic rings. The molecule has 0 saturated carbocycles. The molecule has 0 fully saturated rings. The van der Waals surface area contributed by atoms with E-state index in [0.717, 1.165) is 25.7 Å². The molecule has 2 N–H and O–H groups in total. The third-order valence-corrected chi connectivity index (χ3v) is 3.77. The zero-order valence-corrected chi connectivity index (χ0v) is 16.1. The van der Waals surface area contributed by atoms with E-state index < -0.39 is 5.41 Å². The van der Waals surface area contributed by atoms with E-state index in [4.69, 9.17) is 9.47 Å². The van der Waals surface area contributed by atoms with Gasteiger partial charge in [0.1, 0.15) is 6.61 Å². The smallest absolute Gasteiger partial charge is 0.245 e. The van der Waals surface area contributed by atoms with Crippen molar-refractivity contribution in [1.82, 2.24) is 10.6 Å². The van der Waals surface area contributed by atoms with E-state index in [9.17, 15) is 9.59 Å². The first kappa shape index (κ1) is 22.9. The maximum atomic E-state index is 12.0. The molecule has 0 radical (unpaired) electrons. The van der Waals surface area contributed by atoms with Crippen LogP contribution in [0, 0.1) is 11.3 Å². The Hall–Kier alpha value is -1.14. The molecular weight excluding hydrogens is 308 g/mol. The van der Waals surface area contributed by atoms with Crippen molar-refractivity contribution in [3.63, 3.8) is 0 Å². The lowest BCUT2D eigenvalue weighted by molar-refractivity contribution is -0.132. The minimum Gasteiger partial charge on any atom is -0.384 e. The Morgan fingerprint density at radius 1 is 1.12 bits per heavy atom. The van der Waals surface area contributed by atoms with Gasteiger partial charge in [-0.3, -0.25) is 9.59 Å². The molecule has 0 aromatic heterocycles. The van der Waals surface area contributed by atoms with Gasteiger partial charge in [0.2, 0.25) is 11.8 Å². The second-order valence-electron chi connectivity index (χ2n) is 7.04. The number of carbonyl (C=O) groups excluding carboxylic acids is 2. The molecule has 0 heterocycles. The fourth-order valence-corrected chi connectivity index (χ4v) is 2.21. The van der Waals surface area contributed by atoms with Crippen LogP contribution in [-0.4, -0.2) is 51.8 Å². The minimum atomic E-state index is -0.505. The summed E-state index contributed by atoms with van der Waals surface area (Å²) in [6.45, 7) is 10.4. The quantitative estimate of drug-likeness (QED) is 0.473. The van der Waals surface area contributed by atoms with Gasteiger partial charge in [0.15, 0.2) is 0 Å². The van der Waals surface area contributed by atoms with Crippen molar-refractivity contribution < 1.29 is 19.1 Å². The van der Waals surface area contributed by atoms with Gasteiger partial charge in [0.25, 0.3) is 0 Å². The standard InChI is InChI=1S/C18H36N2O4/c1-6-7-10-19-16(21)13-24-12-15(2)9-8-11-20-17(22)18(3,4)14-23-5/h15H,6-14H2,1-5H3,(H,19,21)(H,20,22). The van der Waals surface area contributed by atoms with Crippen LogP contribution in [0.5, 0.6) is 0 Å². The summed E-state index contributed by atoms with van der Waals surface area (Å²) in [7, 11) is 1.60. The Morgan fingerprint density at radius 2 is 1.79 bits per heavy atom. The number of unbranched alkanes of at least 4 members (excludes halogenated alkanes) is 1. The minimum absolute atomic E-state index is 0.0111. The number of hydrogen-bond donors (Lipinski definition) is 2. The van der Waals surface area contributed by atoms with Crippen LogP contribution in [-0.2, 0) is 19.1 Å². The van der Waals surface area contributed by atoms with Crippen molar-refractivity contribution in [1.29, 1.82) is 0 Å². The molecule has 0 saturated heterocycles. The van der Waals surface area contributed by atoms with E-state index in [1.807, 2.05) is 13.8 Å². The lowest BCUT2D eigenvalue weighted by Crippen LogP contribution is -2.40. The number of rotatable bonds is 14. The maximum absolute atomic E-state index is 12.0. The fraction of sp³-hybridized carbons (Fsp3) is 0.889. The highest BCUT2D eigenvalue weighted by Crippen LogP contribution is 2.15. The van der Waals surface area contributed by atoms with Crippen molar-refractivity contribution in [3.05, 3.63) is 0 Å². The molecule has 0 aliphatic heterocycles. The Labute approximate surface area is 147 Å². The summed E-state index contributed by atoms with van der Waals surface area (Å²) in [5, 5.41) is 5.77. The lowest BCUT2D eigenvalue weighted by Gasteiger charge is -2.22. The first-order valence-corrected chi connectivity index (χ1v) is 8.95. The third kappa shape index (κ3) is 11.4. The Balaban J connectivity index is 3.68. The lowest BCUT2D eigenvalue weighted by atomic mass is 9.93. The molecule has 2 amide bonds. The third-order valence-electron chi connectivity index (χ3n) is 3.77. The van der Waals surface area contributed by atoms with E-state index in [0.29, 0.717) is 32.2 Å². The molecule has 6 heteroatoms. The van der Waals surface area contributed by atoms with Gasteiger partial charge in [-0.05, 0) is 39.0 Å². The van der Waals surface area contributed by atoms with Crippen LogP contribution in [0.1, 0.15) is 53.4 Å². The van der Waals surface area contributed by atoms with E-state index in [1.165, 1.54) is 0 Å². The number of methoxy groups -OCH3 is 1. The zero-order chi connectivity index (χ0) is 18.4. The normalized spacial score (nSPS) is 12.7. The summed E-state index contributed by atoms with van der Waals surface area (Å²) in [6, 6.07) is 0. The van der Waals surface area contributed by atoms with E-state index in [2.05, 4.69) is 24.5 Å².